The van der Waals surface area contributed by atoms with Gasteiger partial charge in [0.05, 0.1) is 11.9 Å². The standard InChI is InChI=1S/C23H34N4O3S/c1-17-8-12-27(13-9-17)23-24-16-20(31(2,29)30)21(25-23)18-10-14-26(15-11-18)22(28)19-6-4-3-5-7-19/h3-4,16-19H,5-15H2,1-2H3/t19-/m1/s1. The van der Waals surface area contributed by atoms with E-state index in [9.17, 15) is 13.2 Å². The molecule has 4 rings (SSSR count). The Hall–Kier alpha value is -1.96. The molecule has 1 amide bonds. The molecular weight excluding hydrogens is 412 g/mol. The average molecular weight is 447 g/mol. The maximum absolute atomic E-state index is 12.9. The van der Waals surface area contributed by atoms with Crippen molar-refractivity contribution in [1.29, 1.82) is 0 Å². The van der Waals surface area contributed by atoms with Gasteiger partial charge in [0.2, 0.25) is 11.9 Å². The van der Waals surface area contributed by atoms with E-state index in [0.29, 0.717) is 30.6 Å². The zero-order chi connectivity index (χ0) is 22.0. The summed E-state index contributed by atoms with van der Waals surface area (Å²) >= 11 is 0. The number of anilines is 1. The number of aromatic nitrogens is 2. The molecule has 0 bridgehead atoms. The van der Waals surface area contributed by atoms with Crippen LogP contribution >= 0.6 is 0 Å². The third-order valence-corrected chi connectivity index (χ3v) is 8.16. The lowest BCUT2D eigenvalue weighted by Gasteiger charge is -2.35. The van der Waals surface area contributed by atoms with E-state index in [1.54, 1.807) is 0 Å². The van der Waals surface area contributed by atoms with Crippen molar-refractivity contribution < 1.29 is 13.2 Å². The van der Waals surface area contributed by atoms with Crippen LogP contribution in [0.15, 0.2) is 23.2 Å². The van der Waals surface area contributed by atoms with Gasteiger partial charge in [-0.2, -0.15) is 0 Å². The fourth-order valence-corrected chi connectivity index (χ4v) is 5.80. The highest BCUT2D eigenvalue weighted by Gasteiger charge is 2.32. The zero-order valence-electron chi connectivity index (χ0n) is 18.7. The molecule has 31 heavy (non-hydrogen) atoms. The minimum Gasteiger partial charge on any atom is -0.342 e. The second kappa shape index (κ2) is 9.27. The molecule has 0 spiro atoms. The van der Waals surface area contributed by atoms with Crippen LogP contribution in [0, 0.1) is 11.8 Å². The summed E-state index contributed by atoms with van der Waals surface area (Å²) in [4.78, 5) is 26.5. The third kappa shape index (κ3) is 5.10. The van der Waals surface area contributed by atoms with Crippen LogP contribution in [-0.4, -0.2) is 61.6 Å². The van der Waals surface area contributed by atoms with Gasteiger partial charge in [-0.05, 0) is 50.9 Å². The summed E-state index contributed by atoms with van der Waals surface area (Å²) in [6, 6.07) is 0. The van der Waals surface area contributed by atoms with E-state index in [0.717, 1.165) is 58.0 Å². The van der Waals surface area contributed by atoms with Gasteiger partial charge in [0.1, 0.15) is 4.90 Å². The number of amides is 1. The number of carbonyl (C=O) groups excluding carboxylic acids is 1. The molecule has 8 heteroatoms. The fourth-order valence-electron chi connectivity index (χ4n) is 4.96. The molecule has 0 saturated carbocycles. The first-order valence-corrected chi connectivity index (χ1v) is 13.5. The Morgan fingerprint density at radius 3 is 2.35 bits per heavy atom. The maximum Gasteiger partial charge on any atom is 0.226 e. The highest BCUT2D eigenvalue weighted by molar-refractivity contribution is 7.90. The Morgan fingerprint density at radius 2 is 1.74 bits per heavy atom. The number of piperidine rings is 2. The van der Waals surface area contributed by atoms with Crippen LogP contribution < -0.4 is 4.90 Å². The van der Waals surface area contributed by atoms with Gasteiger partial charge in [-0.1, -0.05) is 19.1 Å². The number of nitrogens with zero attached hydrogens (tertiary/aromatic N) is 4. The summed E-state index contributed by atoms with van der Waals surface area (Å²) < 4.78 is 24.9. The predicted molar refractivity (Wildman–Crippen MR) is 121 cm³/mol. The number of likely N-dealkylation sites (tertiary alicyclic amines) is 1. The van der Waals surface area contributed by atoms with Crippen LogP contribution in [0.5, 0.6) is 0 Å². The van der Waals surface area contributed by atoms with Crippen molar-refractivity contribution in [3.8, 4) is 0 Å². The molecule has 2 saturated heterocycles. The highest BCUT2D eigenvalue weighted by atomic mass is 32.2. The molecule has 170 valence electrons. The lowest BCUT2D eigenvalue weighted by molar-refractivity contribution is -0.136. The Labute approximate surface area is 185 Å². The molecule has 0 unspecified atom stereocenters. The van der Waals surface area contributed by atoms with Crippen LogP contribution in [0.3, 0.4) is 0 Å². The number of hydrogen-bond donors (Lipinski definition) is 0. The number of sulfone groups is 1. The summed E-state index contributed by atoms with van der Waals surface area (Å²) in [5, 5.41) is 0. The second-order valence-electron chi connectivity index (χ2n) is 9.44. The van der Waals surface area contributed by atoms with Crippen molar-refractivity contribution >= 4 is 21.7 Å². The van der Waals surface area contributed by atoms with E-state index in [1.165, 1.54) is 12.5 Å². The minimum absolute atomic E-state index is 0.0329. The van der Waals surface area contributed by atoms with E-state index < -0.39 is 9.84 Å². The van der Waals surface area contributed by atoms with E-state index >= 15 is 0 Å². The Balaban J connectivity index is 1.50. The van der Waals surface area contributed by atoms with Crippen LogP contribution in [0.2, 0.25) is 0 Å². The Bertz CT molecular complexity index is 930. The summed E-state index contributed by atoms with van der Waals surface area (Å²) in [5.41, 5.74) is 0.638. The molecule has 1 aromatic heterocycles. The van der Waals surface area contributed by atoms with E-state index in [1.807, 2.05) is 4.90 Å². The lowest BCUT2D eigenvalue weighted by Crippen LogP contribution is -2.42. The van der Waals surface area contributed by atoms with Gasteiger partial charge < -0.3 is 9.80 Å². The summed E-state index contributed by atoms with van der Waals surface area (Å²) in [6.45, 7) is 5.39. The Morgan fingerprint density at radius 1 is 1.03 bits per heavy atom. The van der Waals surface area contributed by atoms with Gasteiger partial charge in [0.15, 0.2) is 9.84 Å². The van der Waals surface area contributed by atoms with Crippen molar-refractivity contribution in [2.24, 2.45) is 11.8 Å². The van der Waals surface area contributed by atoms with Crippen molar-refractivity contribution in [2.75, 3.05) is 37.3 Å². The monoisotopic (exact) mass is 446 g/mol. The van der Waals surface area contributed by atoms with Crippen LogP contribution in [0.4, 0.5) is 5.95 Å². The van der Waals surface area contributed by atoms with Gasteiger partial charge in [0, 0.05) is 44.3 Å². The van der Waals surface area contributed by atoms with Gasteiger partial charge in [0.25, 0.3) is 0 Å². The van der Waals surface area contributed by atoms with Crippen molar-refractivity contribution in [2.45, 2.75) is 62.7 Å². The minimum atomic E-state index is -3.42. The fraction of sp³-hybridized carbons (Fsp3) is 0.696. The molecule has 0 N–H and O–H groups in total. The first-order chi connectivity index (χ1) is 14.8. The number of allylic oxidation sites excluding steroid dienone is 2. The summed E-state index contributed by atoms with van der Waals surface area (Å²) in [6.07, 6.45) is 13.4. The van der Waals surface area contributed by atoms with Crippen molar-refractivity contribution in [3.05, 3.63) is 24.0 Å². The summed E-state index contributed by atoms with van der Waals surface area (Å²) in [7, 11) is -3.42. The van der Waals surface area contributed by atoms with Crippen molar-refractivity contribution in [1.82, 2.24) is 14.9 Å². The average Bonchev–Trinajstić information content (AvgIpc) is 2.79. The molecule has 7 nitrogen and oxygen atoms in total. The highest BCUT2D eigenvalue weighted by Crippen LogP contribution is 2.33. The van der Waals surface area contributed by atoms with E-state index in [-0.39, 0.29) is 22.6 Å². The van der Waals surface area contributed by atoms with Crippen LogP contribution in [-0.2, 0) is 14.6 Å². The topological polar surface area (TPSA) is 83.5 Å². The molecule has 0 aromatic carbocycles. The van der Waals surface area contributed by atoms with E-state index in [4.69, 9.17) is 4.98 Å². The normalized spacial score (nSPS) is 23.9. The molecule has 1 aliphatic carbocycles. The van der Waals surface area contributed by atoms with Crippen LogP contribution in [0.1, 0.15) is 63.5 Å². The SMILES string of the molecule is CC1CCN(c2ncc(S(C)(=O)=O)c(C3CCN(C(=O)[C@@H]4CC=CCC4)CC3)n2)CC1. The van der Waals surface area contributed by atoms with Gasteiger partial charge >= 0.3 is 0 Å². The largest absolute Gasteiger partial charge is 0.342 e. The number of hydrogen-bond acceptors (Lipinski definition) is 6. The van der Waals surface area contributed by atoms with Gasteiger partial charge in [-0.25, -0.2) is 18.4 Å². The maximum atomic E-state index is 12.9. The van der Waals surface area contributed by atoms with E-state index in [2.05, 4.69) is 29.0 Å². The summed E-state index contributed by atoms with van der Waals surface area (Å²) in [5.74, 6) is 1.72. The lowest BCUT2D eigenvalue weighted by atomic mass is 9.89. The van der Waals surface area contributed by atoms with Gasteiger partial charge in [-0.3, -0.25) is 4.79 Å². The first-order valence-electron chi connectivity index (χ1n) is 11.6. The van der Waals surface area contributed by atoms with Gasteiger partial charge in [-0.15, -0.1) is 0 Å². The quantitative estimate of drug-likeness (QED) is 0.661. The molecule has 3 heterocycles. The molecular formula is C23H34N4O3S. The number of rotatable bonds is 4. The molecule has 2 aliphatic heterocycles. The molecule has 2 fully saturated rings. The third-order valence-electron chi connectivity index (χ3n) is 7.05. The number of carbonyl (C=O) groups is 1. The molecule has 3 aliphatic rings. The van der Waals surface area contributed by atoms with Crippen LogP contribution in [0.25, 0.3) is 0 Å². The Kier molecular flexibility index (Phi) is 6.65. The zero-order valence-corrected chi connectivity index (χ0v) is 19.5. The van der Waals surface area contributed by atoms with Crippen molar-refractivity contribution in [3.63, 3.8) is 0 Å². The first kappa shape index (κ1) is 22.2. The molecule has 1 atom stereocenters. The smallest absolute Gasteiger partial charge is 0.226 e. The molecule has 0 radical (unpaired) electrons. The second-order valence-corrected chi connectivity index (χ2v) is 11.4. The predicted octanol–water partition coefficient (Wildman–Crippen LogP) is 3.18. The molecule has 1 aromatic rings.